The van der Waals surface area contributed by atoms with Crippen molar-refractivity contribution in [3.05, 3.63) is 0 Å². The van der Waals surface area contributed by atoms with Gasteiger partial charge in [-0.1, -0.05) is 13.8 Å². The Morgan fingerprint density at radius 3 is 2.73 bits per heavy atom. The second kappa shape index (κ2) is 6.80. The molecule has 0 spiro atoms. The number of nitrogens with one attached hydrogen (secondary N) is 2. The Kier molecular flexibility index (Phi) is 5.65. The Morgan fingerprint density at radius 1 is 1.47 bits per heavy atom. The predicted molar refractivity (Wildman–Crippen MR) is 61.8 cm³/mol. The van der Waals surface area contributed by atoms with E-state index in [0.29, 0.717) is 12.6 Å². The van der Waals surface area contributed by atoms with Gasteiger partial charge >= 0.3 is 0 Å². The fourth-order valence-corrected chi connectivity index (χ4v) is 1.87. The first-order valence-electron chi connectivity index (χ1n) is 5.98. The highest BCUT2D eigenvalue weighted by Gasteiger charge is 2.15. The molecule has 0 aromatic heterocycles. The van der Waals surface area contributed by atoms with E-state index in [1.807, 2.05) is 0 Å². The zero-order valence-corrected chi connectivity index (χ0v) is 9.88. The number of nitrogens with zero attached hydrogens (tertiary/aromatic N) is 1. The number of carbonyl (C=O) groups is 1. The summed E-state index contributed by atoms with van der Waals surface area (Å²) in [4.78, 5) is 13.7. The number of amides is 1. The third kappa shape index (κ3) is 4.62. The van der Waals surface area contributed by atoms with Gasteiger partial charge in [0.05, 0.1) is 6.54 Å². The molecule has 1 saturated heterocycles. The molecule has 1 unspecified atom stereocenters. The van der Waals surface area contributed by atoms with Gasteiger partial charge in [-0.25, -0.2) is 0 Å². The molecule has 2 N–H and O–H groups in total. The summed E-state index contributed by atoms with van der Waals surface area (Å²) < 4.78 is 0. The Balaban J connectivity index is 2.11. The molecule has 1 atom stereocenters. The summed E-state index contributed by atoms with van der Waals surface area (Å²) >= 11 is 0. The van der Waals surface area contributed by atoms with Crippen molar-refractivity contribution in [2.75, 3.05) is 32.7 Å². The van der Waals surface area contributed by atoms with E-state index in [9.17, 15) is 4.79 Å². The van der Waals surface area contributed by atoms with Gasteiger partial charge in [-0.2, -0.15) is 0 Å². The standard InChI is InChI=1S/C11H23N3O/c1-3-14(4-2)9-11(15)13-8-10-6-5-7-12-10/h10,12H,3-9H2,1-2H3,(H,13,15). The van der Waals surface area contributed by atoms with Gasteiger partial charge in [-0.3, -0.25) is 9.69 Å². The lowest BCUT2D eigenvalue weighted by atomic mass is 10.2. The molecule has 0 bridgehead atoms. The molecule has 88 valence electrons. The van der Waals surface area contributed by atoms with Gasteiger partial charge in [0, 0.05) is 12.6 Å². The van der Waals surface area contributed by atoms with Crippen LogP contribution < -0.4 is 10.6 Å². The molecule has 1 aliphatic heterocycles. The second-order valence-corrected chi connectivity index (χ2v) is 4.06. The Morgan fingerprint density at radius 2 is 2.20 bits per heavy atom. The van der Waals surface area contributed by atoms with Crippen molar-refractivity contribution in [2.45, 2.75) is 32.7 Å². The number of hydrogen-bond acceptors (Lipinski definition) is 3. The maximum absolute atomic E-state index is 11.5. The van der Waals surface area contributed by atoms with E-state index < -0.39 is 0 Å². The third-order valence-corrected chi connectivity index (χ3v) is 2.97. The van der Waals surface area contributed by atoms with Gasteiger partial charge in [0.25, 0.3) is 0 Å². The molecular formula is C11H23N3O. The Bertz CT molecular complexity index is 186. The quantitative estimate of drug-likeness (QED) is 0.662. The Labute approximate surface area is 92.4 Å². The third-order valence-electron chi connectivity index (χ3n) is 2.97. The molecule has 0 aromatic carbocycles. The van der Waals surface area contributed by atoms with Crippen molar-refractivity contribution in [1.29, 1.82) is 0 Å². The predicted octanol–water partition coefficient (Wildman–Crippen LogP) is 0.196. The molecule has 1 amide bonds. The van der Waals surface area contributed by atoms with Crippen LogP contribution in [0.25, 0.3) is 0 Å². The van der Waals surface area contributed by atoms with Gasteiger partial charge in [0.15, 0.2) is 0 Å². The maximum atomic E-state index is 11.5. The first kappa shape index (κ1) is 12.5. The lowest BCUT2D eigenvalue weighted by Crippen LogP contribution is -2.42. The number of likely N-dealkylation sites (N-methyl/N-ethyl adjacent to an activating group) is 1. The maximum Gasteiger partial charge on any atom is 0.234 e. The minimum atomic E-state index is 0.146. The summed E-state index contributed by atoms with van der Waals surface area (Å²) in [6.45, 7) is 8.43. The number of carbonyl (C=O) groups excluding carboxylic acids is 1. The lowest BCUT2D eigenvalue weighted by Gasteiger charge is -2.18. The van der Waals surface area contributed by atoms with Crippen LogP contribution in [0.5, 0.6) is 0 Å². The van der Waals surface area contributed by atoms with Crippen molar-refractivity contribution < 1.29 is 4.79 Å². The van der Waals surface area contributed by atoms with E-state index in [1.165, 1.54) is 12.8 Å². The molecule has 1 aliphatic rings. The first-order chi connectivity index (χ1) is 7.26. The second-order valence-electron chi connectivity index (χ2n) is 4.06. The highest BCUT2D eigenvalue weighted by atomic mass is 16.2. The summed E-state index contributed by atoms with van der Waals surface area (Å²) in [6.07, 6.45) is 2.42. The molecule has 1 heterocycles. The summed E-state index contributed by atoms with van der Waals surface area (Å²) in [5.74, 6) is 0.146. The van der Waals surface area contributed by atoms with E-state index in [0.717, 1.165) is 26.2 Å². The highest BCUT2D eigenvalue weighted by Crippen LogP contribution is 2.02. The van der Waals surface area contributed by atoms with E-state index in [-0.39, 0.29) is 5.91 Å². The van der Waals surface area contributed by atoms with Gasteiger partial charge in [0.2, 0.25) is 5.91 Å². The fourth-order valence-electron chi connectivity index (χ4n) is 1.87. The molecular weight excluding hydrogens is 190 g/mol. The van der Waals surface area contributed by atoms with Crippen LogP contribution in [0.3, 0.4) is 0 Å². The summed E-state index contributed by atoms with van der Waals surface area (Å²) in [5.41, 5.74) is 0. The largest absolute Gasteiger partial charge is 0.353 e. The fraction of sp³-hybridized carbons (Fsp3) is 0.909. The zero-order valence-electron chi connectivity index (χ0n) is 9.88. The van der Waals surface area contributed by atoms with Crippen molar-refractivity contribution in [3.63, 3.8) is 0 Å². The normalized spacial score (nSPS) is 20.9. The van der Waals surface area contributed by atoms with Gasteiger partial charge in [-0.05, 0) is 32.5 Å². The summed E-state index contributed by atoms with van der Waals surface area (Å²) in [6, 6.07) is 0.491. The van der Waals surface area contributed by atoms with Gasteiger partial charge < -0.3 is 10.6 Å². The number of hydrogen-bond donors (Lipinski definition) is 2. The molecule has 0 aliphatic carbocycles. The molecule has 4 nitrogen and oxygen atoms in total. The lowest BCUT2D eigenvalue weighted by molar-refractivity contribution is -0.122. The van der Waals surface area contributed by atoms with E-state index in [4.69, 9.17) is 0 Å². The van der Waals surface area contributed by atoms with Crippen LogP contribution in [-0.2, 0) is 4.79 Å². The van der Waals surface area contributed by atoms with E-state index in [1.54, 1.807) is 0 Å². The van der Waals surface area contributed by atoms with Gasteiger partial charge in [-0.15, -0.1) is 0 Å². The van der Waals surface area contributed by atoms with Crippen LogP contribution in [0.1, 0.15) is 26.7 Å². The molecule has 0 aromatic rings. The zero-order chi connectivity index (χ0) is 11.1. The first-order valence-corrected chi connectivity index (χ1v) is 5.98. The molecule has 0 radical (unpaired) electrons. The van der Waals surface area contributed by atoms with Crippen LogP contribution >= 0.6 is 0 Å². The average Bonchev–Trinajstić information content (AvgIpc) is 2.75. The minimum Gasteiger partial charge on any atom is -0.353 e. The van der Waals surface area contributed by atoms with Crippen LogP contribution in [0.15, 0.2) is 0 Å². The average molecular weight is 213 g/mol. The monoisotopic (exact) mass is 213 g/mol. The smallest absolute Gasteiger partial charge is 0.234 e. The number of rotatable bonds is 6. The van der Waals surface area contributed by atoms with Crippen molar-refractivity contribution >= 4 is 5.91 Å². The highest BCUT2D eigenvalue weighted by molar-refractivity contribution is 5.78. The van der Waals surface area contributed by atoms with Crippen molar-refractivity contribution in [1.82, 2.24) is 15.5 Å². The molecule has 0 saturated carbocycles. The summed E-state index contributed by atoms with van der Waals surface area (Å²) in [7, 11) is 0. The van der Waals surface area contributed by atoms with Crippen LogP contribution in [0, 0.1) is 0 Å². The SMILES string of the molecule is CCN(CC)CC(=O)NCC1CCCN1. The van der Waals surface area contributed by atoms with Crippen molar-refractivity contribution in [3.8, 4) is 0 Å². The van der Waals surface area contributed by atoms with Crippen LogP contribution in [-0.4, -0.2) is 49.6 Å². The van der Waals surface area contributed by atoms with Crippen LogP contribution in [0.4, 0.5) is 0 Å². The summed E-state index contributed by atoms with van der Waals surface area (Å²) in [5, 5.41) is 6.35. The van der Waals surface area contributed by atoms with Crippen molar-refractivity contribution in [2.24, 2.45) is 0 Å². The van der Waals surface area contributed by atoms with Gasteiger partial charge in [0.1, 0.15) is 0 Å². The molecule has 1 fully saturated rings. The van der Waals surface area contributed by atoms with E-state index in [2.05, 4.69) is 29.4 Å². The molecule has 4 heteroatoms. The molecule has 15 heavy (non-hydrogen) atoms. The van der Waals surface area contributed by atoms with E-state index >= 15 is 0 Å². The molecule has 1 rings (SSSR count). The Hall–Kier alpha value is -0.610. The van der Waals surface area contributed by atoms with Crippen LogP contribution in [0.2, 0.25) is 0 Å². The minimum absolute atomic E-state index is 0.146. The topological polar surface area (TPSA) is 44.4 Å².